The molecule has 1 saturated heterocycles. The molecule has 136 valence electrons. The number of ether oxygens (including phenoxy) is 1. The van der Waals surface area contributed by atoms with Crippen molar-refractivity contribution in [2.45, 2.75) is 58.2 Å². The maximum Gasteiger partial charge on any atom is 0.315 e. The maximum atomic E-state index is 11.8. The molecule has 1 aliphatic rings. The predicted octanol–water partition coefficient (Wildman–Crippen LogP) is 1.45. The van der Waals surface area contributed by atoms with Crippen molar-refractivity contribution < 1.29 is 14.1 Å². The van der Waals surface area contributed by atoms with E-state index >= 15 is 0 Å². The van der Waals surface area contributed by atoms with E-state index in [0.29, 0.717) is 31.3 Å². The van der Waals surface area contributed by atoms with Gasteiger partial charge in [-0.05, 0) is 13.8 Å². The van der Waals surface area contributed by atoms with Crippen LogP contribution in [0.15, 0.2) is 4.52 Å². The molecule has 0 radical (unpaired) electrons. The highest BCUT2D eigenvalue weighted by Crippen LogP contribution is 2.27. The fourth-order valence-electron chi connectivity index (χ4n) is 2.74. The van der Waals surface area contributed by atoms with Crippen molar-refractivity contribution in [3.8, 4) is 0 Å². The van der Waals surface area contributed by atoms with Crippen LogP contribution in [0.5, 0.6) is 0 Å². The highest BCUT2D eigenvalue weighted by Gasteiger charge is 2.38. The van der Waals surface area contributed by atoms with E-state index in [0.717, 1.165) is 0 Å². The fourth-order valence-corrected chi connectivity index (χ4v) is 2.74. The highest BCUT2D eigenvalue weighted by atomic mass is 16.5. The van der Waals surface area contributed by atoms with E-state index in [1.165, 1.54) is 0 Å². The molecule has 8 nitrogen and oxygen atoms in total. The normalized spacial score (nSPS) is 23.2. The highest BCUT2D eigenvalue weighted by molar-refractivity contribution is 5.74. The maximum absolute atomic E-state index is 11.8. The summed E-state index contributed by atoms with van der Waals surface area (Å²) in [5.74, 6) is 1.29. The van der Waals surface area contributed by atoms with Gasteiger partial charge in [-0.2, -0.15) is 4.98 Å². The molecule has 2 heterocycles. The smallest absolute Gasteiger partial charge is 0.315 e. The molecule has 1 aliphatic heterocycles. The van der Waals surface area contributed by atoms with Crippen LogP contribution >= 0.6 is 0 Å². The Morgan fingerprint density at radius 3 is 2.71 bits per heavy atom. The summed E-state index contributed by atoms with van der Waals surface area (Å²) < 4.78 is 11.0. The van der Waals surface area contributed by atoms with Gasteiger partial charge in [0.1, 0.15) is 0 Å². The molecule has 0 aromatic carbocycles. The van der Waals surface area contributed by atoms with Crippen molar-refractivity contribution in [3.05, 3.63) is 11.7 Å². The van der Waals surface area contributed by atoms with E-state index in [9.17, 15) is 4.79 Å². The van der Waals surface area contributed by atoms with E-state index in [2.05, 4.69) is 46.4 Å². The number of likely N-dealkylation sites (tertiary alicyclic amines) is 1. The molecule has 0 spiro atoms. The van der Waals surface area contributed by atoms with Gasteiger partial charge in [0.2, 0.25) is 5.89 Å². The van der Waals surface area contributed by atoms with Crippen molar-refractivity contribution in [2.24, 2.45) is 0 Å². The topological polar surface area (TPSA) is 92.5 Å². The molecule has 2 amide bonds. The number of aromatic nitrogens is 2. The van der Waals surface area contributed by atoms with Crippen LogP contribution in [0.4, 0.5) is 4.79 Å². The van der Waals surface area contributed by atoms with E-state index in [1.807, 2.05) is 13.8 Å². The van der Waals surface area contributed by atoms with Gasteiger partial charge in [-0.15, -0.1) is 0 Å². The molecule has 2 rings (SSSR count). The van der Waals surface area contributed by atoms with Crippen molar-refractivity contribution in [3.63, 3.8) is 0 Å². The summed E-state index contributed by atoms with van der Waals surface area (Å²) in [6, 6.07) is -0.284. The molecule has 2 N–H and O–H groups in total. The van der Waals surface area contributed by atoms with Gasteiger partial charge >= 0.3 is 6.03 Å². The summed E-state index contributed by atoms with van der Waals surface area (Å²) in [5.41, 5.74) is -0.149. The number of carbonyl (C=O) groups is 1. The van der Waals surface area contributed by atoms with Crippen LogP contribution in [0.25, 0.3) is 0 Å². The lowest BCUT2D eigenvalue weighted by molar-refractivity contribution is 0.0861. The summed E-state index contributed by atoms with van der Waals surface area (Å²) in [5, 5.41) is 9.80. The van der Waals surface area contributed by atoms with Gasteiger partial charge in [0.15, 0.2) is 5.82 Å². The number of methoxy groups -OCH3 is 1. The van der Waals surface area contributed by atoms with Crippen LogP contribution in [0.3, 0.4) is 0 Å². The number of amides is 2. The Morgan fingerprint density at radius 2 is 2.17 bits per heavy atom. The molecular weight excluding hydrogens is 310 g/mol. The monoisotopic (exact) mass is 339 g/mol. The number of carbonyl (C=O) groups excluding carboxylic acids is 1. The second kappa shape index (κ2) is 7.48. The van der Waals surface area contributed by atoms with Crippen LogP contribution in [0.1, 0.15) is 52.4 Å². The molecule has 1 aromatic heterocycles. The first kappa shape index (κ1) is 18.7. The minimum absolute atomic E-state index is 0.0349. The lowest BCUT2D eigenvalue weighted by Crippen LogP contribution is -2.48. The molecule has 1 aromatic rings. The Bertz CT molecular complexity index is 554. The third-order valence-corrected chi connectivity index (χ3v) is 4.27. The van der Waals surface area contributed by atoms with Gasteiger partial charge in [0.05, 0.1) is 18.2 Å². The van der Waals surface area contributed by atoms with Crippen LogP contribution in [-0.4, -0.2) is 60.0 Å². The van der Waals surface area contributed by atoms with Gasteiger partial charge < -0.3 is 19.9 Å². The molecule has 0 bridgehead atoms. The molecule has 24 heavy (non-hydrogen) atoms. The van der Waals surface area contributed by atoms with E-state index in [1.54, 1.807) is 7.11 Å². The Hall–Kier alpha value is -1.67. The standard InChI is InChI=1S/C16H29N5O3/c1-7-17-15(22)18-11-8-21(9-12(11)23-6)10(2)13-19-14(20-24-13)16(3,4)5/h10-12H,7-9H2,1-6H3,(H2,17,18,22)/t10-,11-,12-/m0/s1. The van der Waals surface area contributed by atoms with Crippen LogP contribution in [0, 0.1) is 0 Å². The number of nitrogens with one attached hydrogen (secondary N) is 2. The molecule has 8 heteroatoms. The molecule has 1 fully saturated rings. The van der Waals surface area contributed by atoms with E-state index in [4.69, 9.17) is 9.26 Å². The van der Waals surface area contributed by atoms with Crippen LogP contribution < -0.4 is 10.6 Å². The number of hydrogen-bond acceptors (Lipinski definition) is 6. The summed E-state index contributed by atoms with van der Waals surface area (Å²) in [6.07, 6.45) is -0.0694. The first-order valence-electron chi connectivity index (χ1n) is 8.41. The van der Waals surface area contributed by atoms with Crippen LogP contribution in [0.2, 0.25) is 0 Å². The molecule has 0 saturated carbocycles. The summed E-state index contributed by atoms with van der Waals surface area (Å²) in [4.78, 5) is 18.5. The molecule has 3 atom stereocenters. The van der Waals surface area contributed by atoms with Gasteiger partial charge in [-0.25, -0.2) is 4.79 Å². The van der Waals surface area contributed by atoms with Gasteiger partial charge in [-0.3, -0.25) is 4.90 Å². The average Bonchev–Trinajstić information content (AvgIpc) is 3.13. The zero-order valence-corrected chi connectivity index (χ0v) is 15.4. The third-order valence-electron chi connectivity index (χ3n) is 4.27. The minimum Gasteiger partial charge on any atom is -0.378 e. The second-order valence-electron chi connectivity index (χ2n) is 7.22. The number of hydrogen-bond donors (Lipinski definition) is 2. The van der Waals surface area contributed by atoms with Crippen molar-refractivity contribution in [1.82, 2.24) is 25.7 Å². The average molecular weight is 339 g/mol. The molecule has 0 unspecified atom stereocenters. The summed E-state index contributed by atoms with van der Waals surface area (Å²) in [6.45, 7) is 12.0. The SMILES string of the molecule is CCNC(=O)N[C@H]1CN([C@@H](C)c2nc(C(C)(C)C)no2)C[C@@H]1OC. The Balaban J connectivity index is 2.04. The first-order valence-corrected chi connectivity index (χ1v) is 8.41. The van der Waals surface area contributed by atoms with Crippen molar-refractivity contribution in [1.29, 1.82) is 0 Å². The fraction of sp³-hybridized carbons (Fsp3) is 0.812. The van der Waals surface area contributed by atoms with Gasteiger partial charge in [0.25, 0.3) is 0 Å². The van der Waals surface area contributed by atoms with Crippen molar-refractivity contribution in [2.75, 3.05) is 26.7 Å². The van der Waals surface area contributed by atoms with Gasteiger partial charge in [-0.1, -0.05) is 25.9 Å². The Morgan fingerprint density at radius 1 is 1.46 bits per heavy atom. The zero-order chi connectivity index (χ0) is 17.9. The second-order valence-corrected chi connectivity index (χ2v) is 7.22. The molecular formula is C16H29N5O3. The summed E-state index contributed by atoms with van der Waals surface area (Å²) >= 11 is 0. The minimum atomic E-state index is -0.174. The Kier molecular flexibility index (Phi) is 5.82. The van der Waals surface area contributed by atoms with Crippen LogP contribution in [-0.2, 0) is 10.2 Å². The zero-order valence-electron chi connectivity index (χ0n) is 15.4. The largest absolute Gasteiger partial charge is 0.378 e. The third kappa shape index (κ3) is 4.24. The lowest BCUT2D eigenvalue weighted by Gasteiger charge is -2.20. The predicted molar refractivity (Wildman–Crippen MR) is 89.8 cm³/mol. The van der Waals surface area contributed by atoms with Gasteiger partial charge in [0, 0.05) is 32.2 Å². The van der Waals surface area contributed by atoms with Crippen molar-refractivity contribution >= 4 is 6.03 Å². The lowest BCUT2D eigenvalue weighted by atomic mass is 9.96. The number of rotatable bonds is 5. The number of nitrogens with zero attached hydrogens (tertiary/aromatic N) is 3. The number of urea groups is 1. The summed E-state index contributed by atoms with van der Waals surface area (Å²) in [7, 11) is 1.66. The van der Waals surface area contributed by atoms with E-state index in [-0.39, 0.29) is 29.6 Å². The molecule has 0 aliphatic carbocycles. The quantitative estimate of drug-likeness (QED) is 0.843. The van der Waals surface area contributed by atoms with E-state index < -0.39 is 0 Å². The Labute approximate surface area is 143 Å². The first-order chi connectivity index (χ1) is 11.3.